The van der Waals surface area contributed by atoms with Gasteiger partial charge in [0.2, 0.25) is 0 Å². The maximum atomic E-state index is 6.04. The third kappa shape index (κ3) is 3.43. The van der Waals surface area contributed by atoms with Crippen molar-refractivity contribution in [2.75, 3.05) is 32.8 Å². The van der Waals surface area contributed by atoms with Gasteiger partial charge in [0.25, 0.3) is 0 Å². The lowest BCUT2D eigenvalue weighted by molar-refractivity contribution is 0.00830. The molecule has 0 saturated carbocycles. The van der Waals surface area contributed by atoms with Crippen molar-refractivity contribution in [2.24, 2.45) is 23.5 Å². The van der Waals surface area contributed by atoms with Crippen LogP contribution in [0.5, 0.6) is 0 Å². The molecule has 3 atom stereocenters. The summed E-state index contributed by atoms with van der Waals surface area (Å²) < 4.78 is 5.46. The van der Waals surface area contributed by atoms with Crippen molar-refractivity contribution in [1.29, 1.82) is 0 Å². The highest BCUT2D eigenvalue weighted by molar-refractivity contribution is 4.86. The molecule has 100 valence electrons. The van der Waals surface area contributed by atoms with Crippen molar-refractivity contribution in [3.05, 3.63) is 0 Å². The minimum absolute atomic E-state index is 0.587. The normalized spacial score (nSPS) is 34.8. The van der Waals surface area contributed by atoms with E-state index in [1.165, 1.54) is 32.4 Å². The lowest BCUT2D eigenvalue weighted by atomic mass is 9.85. The number of nitrogens with two attached hydrogens (primary N) is 1. The summed E-state index contributed by atoms with van der Waals surface area (Å²) in [5.41, 5.74) is 6.04. The molecule has 2 N–H and O–H groups in total. The largest absolute Gasteiger partial charge is 0.381 e. The van der Waals surface area contributed by atoms with E-state index in [2.05, 4.69) is 18.7 Å². The quantitative estimate of drug-likeness (QED) is 0.816. The van der Waals surface area contributed by atoms with Gasteiger partial charge in [-0.05, 0) is 37.0 Å². The van der Waals surface area contributed by atoms with Gasteiger partial charge in [-0.15, -0.1) is 0 Å². The number of hydrogen-bond acceptors (Lipinski definition) is 3. The Bertz CT molecular complexity index is 218. The average molecular weight is 240 g/mol. The summed E-state index contributed by atoms with van der Waals surface area (Å²) in [6.45, 7) is 9.90. The molecule has 0 amide bonds. The van der Waals surface area contributed by atoms with Crippen molar-refractivity contribution >= 4 is 0 Å². The Hall–Kier alpha value is -0.120. The van der Waals surface area contributed by atoms with E-state index >= 15 is 0 Å². The third-order valence-electron chi connectivity index (χ3n) is 4.42. The Morgan fingerprint density at radius 3 is 2.29 bits per heavy atom. The molecule has 0 aliphatic carbocycles. The van der Waals surface area contributed by atoms with Crippen molar-refractivity contribution in [3.63, 3.8) is 0 Å². The lowest BCUT2D eigenvalue weighted by Gasteiger charge is -2.43. The topological polar surface area (TPSA) is 38.5 Å². The maximum Gasteiger partial charge on any atom is 0.0469 e. The molecule has 0 aromatic carbocycles. The van der Waals surface area contributed by atoms with E-state index in [1.54, 1.807) is 0 Å². The summed E-state index contributed by atoms with van der Waals surface area (Å²) >= 11 is 0. The highest BCUT2D eigenvalue weighted by atomic mass is 16.5. The molecule has 17 heavy (non-hydrogen) atoms. The van der Waals surface area contributed by atoms with E-state index in [9.17, 15) is 0 Å². The van der Waals surface area contributed by atoms with Crippen LogP contribution in [0.15, 0.2) is 0 Å². The van der Waals surface area contributed by atoms with Crippen LogP contribution in [0.2, 0.25) is 0 Å². The van der Waals surface area contributed by atoms with Crippen LogP contribution in [0, 0.1) is 17.8 Å². The Morgan fingerprint density at radius 1 is 1.18 bits per heavy atom. The molecular weight excluding hydrogens is 212 g/mol. The van der Waals surface area contributed by atoms with Crippen molar-refractivity contribution in [3.8, 4) is 0 Å². The molecule has 2 saturated heterocycles. The summed E-state index contributed by atoms with van der Waals surface area (Å²) in [7, 11) is 0. The van der Waals surface area contributed by atoms with Gasteiger partial charge < -0.3 is 10.5 Å². The van der Waals surface area contributed by atoms with Gasteiger partial charge in [-0.1, -0.05) is 13.8 Å². The number of likely N-dealkylation sites (tertiary alicyclic amines) is 1. The first-order valence-corrected chi connectivity index (χ1v) is 7.22. The maximum absolute atomic E-state index is 6.04. The summed E-state index contributed by atoms with van der Waals surface area (Å²) in [5, 5.41) is 0. The predicted octanol–water partition coefficient (Wildman–Crippen LogP) is 1.72. The van der Waals surface area contributed by atoms with Crippen molar-refractivity contribution in [2.45, 2.75) is 39.2 Å². The highest BCUT2D eigenvalue weighted by Crippen LogP contribution is 2.28. The smallest absolute Gasteiger partial charge is 0.0469 e. The zero-order valence-corrected chi connectivity index (χ0v) is 11.4. The van der Waals surface area contributed by atoms with E-state index in [0.29, 0.717) is 6.04 Å². The van der Waals surface area contributed by atoms with E-state index in [1.807, 2.05) is 0 Å². The van der Waals surface area contributed by atoms with Gasteiger partial charge in [0.1, 0.15) is 0 Å². The summed E-state index contributed by atoms with van der Waals surface area (Å²) in [6.07, 6.45) is 3.77. The molecule has 0 aromatic heterocycles. The predicted molar refractivity (Wildman–Crippen MR) is 70.9 cm³/mol. The van der Waals surface area contributed by atoms with E-state index in [0.717, 1.165) is 37.5 Å². The van der Waals surface area contributed by atoms with Gasteiger partial charge in [-0.25, -0.2) is 0 Å². The van der Waals surface area contributed by atoms with Crippen molar-refractivity contribution < 1.29 is 4.74 Å². The molecule has 2 aliphatic heterocycles. The van der Waals surface area contributed by atoms with Crippen LogP contribution in [0.3, 0.4) is 0 Å². The summed E-state index contributed by atoms with van der Waals surface area (Å²) in [6, 6.07) is 0.587. The standard InChI is InChI=1S/C14H28N2O/c1-11-7-12(2)10-16(9-11)14(8-15)13-3-5-17-6-4-13/h11-14H,3-10,15H2,1-2H3. The van der Waals surface area contributed by atoms with Crippen LogP contribution in [-0.4, -0.2) is 43.8 Å². The minimum atomic E-state index is 0.587. The van der Waals surface area contributed by atoms with Crippen LogP contribution in [-0.2, 0) is 4.74 Å². The Balaban J connectivity index is 1.96. The molecule has 3 nitrogen and oxygen atoms in total. The monoisotopic (exact) mass is 240 g/mol. The second-order valence-corrected chi connectivity index (χ2v) is 6.15. The molecule has 2 rings (SSSR count). The second kappa shape index (κ2) is 6.17. The van der Waals surface area contributed by atoms with Crippen molar-refractivity contribution in [1.82, 2.24) is 4.90 Å². The first-order valence-electron chi connectivity index (χ1n) is 7.22. The van der Waals surface area contributed by atoms with Gasteiger partial charge in [0.05, 0.1) is 0 Å². The minimum Gasteiger partial charge on any atom is -0.381 e. The third-order valence-corrected chi connectivity index (χ3v) is 4.42. The second-order valence-electron chi connectivity index (χ2n) is 6.15. The van der Waals surface area contributed by atoms with E-state index in [-0.39, 0.29) is 0 Å². The molecule has 2 fully saturated rings. The van der Waals surface area contributed by atoms with Gasteiger partial charge in [0.15, 0.2) is 0 Å². The Morgan fingerprint density at radius 2 is 1.76 bits per heavy atom. The number of piperidine rings is 1. The lowest BCUT2D eigenvalue weighted by Crippen LogP contribution is -2.52. The zero-order chi connectivity index (χ0) is 12.3. The molecule has 0 radical (unpaired) electrons. The molecule has 2 aliphatic rings. The fraction of sp³-hybridized carbons (Fsp3) is 1.00. The molecular formula is C14H28N2O. The van der Waals surface area contributed by atoms with Gasteiger partial charge in [-0.2, -0.15) is 0 Å². The van der Waals surface area contributed by atoms with E-state index in [4.69, 9.17) is 10.5 Å². The van der Waals surface area contributed by atoms with Gasteiger partial charge in [-0.3, -0.25) is 4.90 Å². The Kier molecular flexibility index (Phi) is 4.83. The average Bonchev–Trinajstić information content (AvgIpc) is 2.30. The molecule has 3 heteroatoms. The van der Waals surface area contributed by atoms with Crippen LogP contribution >= 0.6 is 0 Å². The van der Waals surface area contributed by atoms with Gasteiger partial charge in [0, 0.05) is 38.9 Å². The van der Waals surface area contributed by atoms with Crippen LogP contribution in [0.25, 0.3) is 0 Å². The zero-order valence-electron chi connectivity index (χ0n) is 11.4. The number of ether oxygens (including phenoxy) is 1. The van der Waals surface area contributed by atoms with Gasteiger partial charge >= 0.3 is 0 Å². The molecule has 3 unspecified atom stereocenters. The first-order chi connectivity index (χ1) is 8.20. The molecule has 0 bridgehead atoms. The fourth-order valence-electron chi connectivity index (χ4n) is 3.72. The highest BCUT2D eigenvalue weighted by Gasteiger charge is 2.32. The molecule has 0 spiro atoms. The van der Waals surface area contributed by atoms with Crippen LogP contribution in [0.4, 0.5) is 0 Å². The van der Waals surface area contributed by atoms with E-state index < -0.39 is 0 Å². The SMILES string of the molecule is CC1CC(C)CN(C(CN)C2CCOCC2)C1. The number of nitrogens with zero attached hydrogens (tertiary/aromatic N) is 1. The summed E-state index contributed by atoms with van der Waals surface area (Å²) in [5.74, 6) is 2.41. The van der Waals surface area contributed by atoms with Crippen LogP contribution in [0.1, 0.15) is 33.1 Å². The Labute approximate surface area is 106 Å². The number of hydrogen-bond donors (Lipinski definition) is 1. The molecule has 2 heterocycles. The summed E-state index contributed by atoms with van der Waals surface area (Å²) in [4.78, 5) is 2.66. The first kappa shape index (κ1) is 13.3. The molecule has 0 aromatic rings. The number of rotatable bonds is 3. The fourth-order valence-corrected chi connectivity index (χ4v) is 3.72. The van der Waals surface area contributed by atoms with Crippen LogP contribution < -0.4 is 5.73 Å².